The van der Waals surface area contributed by atoms with Crippen molar-refractivity contribution in [1.82, 2.24) is 0 Å². The van der Waals surface area contributed by atoms with Crippen LogP contribution in [-0.2, 0) is 5.41 Å². The predicted octanol–water partition coefficient (Wildman–Crippen LogP) is 3.48. The van der Waals surface area contributed by atoms with Gasteiger partial charge in [0.05, 0.1) is 6.54 Å². The van der Waals surface area contributed by atoms with E-state index in [1.807, 2.05) is 0 Å². The molecule has 0 aliphatic carbocycles. The molecule has 1 aliphatic rings. The molecule has 0 radical (unpaired) electrons. The molecule has 0 saturated carbocycles. The Labute approximate surface area is 104 Å². The smallest absolute Gasteiger partial charge is 0.242 e. The number of hydrogen-bond acceptors (Lipinski definition) is 1. The fourth-order valence-electron chi connectivity index (χ4n) is 2.25. The lowest BCUT2D eigenvalue weighted by Crippen LogP contribution is -2.20. The lowest BCUT2D eigenvalue weighted by Gasteiger charge is -2.21. The summed E-state index contributed by atoms with van der Waals surface area (Å²) >= 11 is 0. The second-order valence-corrected chi connectivity index (χ2v) is 5.81. The molecule has 1 unspecified atom stereocenters. The fourth-order valence-corrected chi connectivity index (χ4v) is 2.25. The predicted molar refractivity (Wildman–Crippen MR) is 72.4 cm³/mol. The van der Waals surface area contributed by atoms with Crippen molar-refractivity contribution in [3.63, 3.8) is 0 Å². The van der Waals surface area contributed by atoms with Crippen molar-refractivity contribution < 1.29 is 0 Å². The van der Waals surface area contributed by atoms with E-state index in [4.69, 9.17) is 6.57 Å². The zero-order chi connectivity index (χ0) is 12.5. The van der Waals surface area contributed by atoms with Crippen LogP contribution in [0.3, 0.4) is 0 Å². The van der Waals surface area contributed by atoms with E-state index in [0.29, 0.717) is 0 Å². The van der Waals surface area contributed by atoms with Crippen molar-refractivity contribution in [3.8, 4) is 0 Å². The second-order valence-electron chi connectivity index (χ2n) is 5.81. The number of hydrogen-bond donors (Lipinski definition) is 0. The Hall–Kier alpha value is -1.49. The topological polar surface area (TPSA) is 7.60 Å². The molecule has 2 rings (SSSR count). The Morgan fingerprint density at radius 1 is 1.24 bits per heavy atom. The van der Waals surface area contributed by atoms with Crippen molar-refractivity contribution in [2.75, 3.05) is 18.0 Å². The normalized spacial score (nSPS) is 20.4. The van der Waals surface area contributed by atoms with Crippen LogP contribution < -0.4 is 4.90 Å². The third-order valence-electron chi connectivity index (χ3n) is 3.44. The summed E-state index contributed by atoms with van der Waals surface area (Å²) in [5.41, 5.74) is 2.83. The molecule has 2 heteroatoms. The van der Waals surface area contributed by atoms with Crippen molar-refractivity contribution in [3.05, 3.63) is 41.2 Å². The molecular formula is C15H20N2. The number of anilines is 1. The number of benzene rings is 1. The maximum atomic E-state index is 7.07. The van der Waals surface area contributed by atoms with E-state index in [0.717, 1.165) is 19.5 Å². The lowest BCUT2D eigenvalue weighted by molar-refractivity contribution is 0.590. The summed E-state index contributed by atoms with van der Waals surface area (Å²) in [6.45, 7) is 15.7. The van der Waals surface area contributed by atoms with E-state index < -0.39 is 0 Å². The molecular weight excluding hydrogens is 208 g/mol. The molecule has 1 fully saturated rings. The molecule has 0 amide bonds. The van der Waals surface area contributed by atoms with Gasteiger partial charge in [0.25, 0.3) is 0 Å². The minimum atomic E-state index is 0.192. The average Bonchev–Trinajstić information content (AvgIpc) is 2.76. The van der Waals surface area contributed by atoms with E-state index in [1.165, 1.54) is 11.3 Å². The molecule has 1 aromatic carbocycles. The molecule has 0 N–H and O–H groups in total. The van der Waals surface area contributed by atoms with E-state index in [1.54, 1.807) is 0 Å². The minimum Gasteiger partial charge on any atom is -0.363 e. The van der Waals surface area contributed by atoms with Gasteiger partial charge in [0.15, 0.2) is 0 Å². The highest BCUT2D eigenvalue weighted by Crippen LogP contribution is 2.27. The maximum absolute atomic E-state index is 7.07. The molecule has 1 aromatic rings. The summed E-state index contributed by atoms with van der Waals surface area (Å²) < 4.78 is 0. The third kappa shape index (κ3) is 2.61. The van der Waals surface area contributed by atoms with Crippen LogP contribution in [0, 0.1) is 6.57 Å². The SMILES string of the molecule is [C-]#[N+]C1CCN(c2ccc(C(C)(C)C)cc2)C1. The van der Waals surface area contributed by atoms with Gasteiger partial charge in [-0.25, -0.2) is 6.57 Å². The van der Waals surface area contributed by atoms with Crippen LogP contribution in [0.25, 0.3) is 4.85 Å². The van der Waals surface area contributed by atoms with Crippen LogP contribution >= 0.6 is 0 Å². The van der Waals surface area contributed by atoms with Crippen molar-refractivity contribution in [2.24, 2.45) is 0 Å². The van der Waals surface area contributed by atoms with Gasteiger partial charge in [-0.2, -0.15) is 0 Å². The first-order valence-electron chi connectivity index (χ1n) is 6.23. The van der Waals surface area contributed by atoms with E-state index >= 15 is 0 Å². The van der Waals surface area contributed by atoms with Gasteiger partial charge in [-0.3, -0.25) is 0 Å². The van der Waals surface area contributed by atoms with Crippen molar-refractivity contribution in [1.29, 1.82) is 0 Å². The monoisotopic (exact) mass is 228 g/mol. The van der Waals surface area contributed by atoms with Gasteiger partial charge < -0.3 is 9.74 Å². The molecule has 1 saturated heterocycles. The quantitative estimate of drug-likeness (QED) is 0.668. The van der Waals surface area contributed by atoms with Crippen molar-refractivity contribution in [2.45, 2.75) is 38.6 Å². The summed E-state index contributed by atoms with van der Waals surface area (Å²) in [7, 11) is 0. The average molecular weight is 228 g/mol. The summed E-state index contributed by atoms with van der Waals surface area (Å²) in [6, 6.07) is 8.98. The van der Waals surface area contributed by atoms with E-state index in [-0.39, 0.29) is 11.5 Å². The van der Waals surface area contributed by atoms with E-state index in [2.05, 4.69) is 54.8 Å². The summed E-state index contributed by atoms with van der Waals surface area (Å²) in [5.74, 6) is 0. The van der Waals surface area contributed by atoms with Gasteiger partial charge in [-0.1, -0.05) is 32.9 Å². The van der Waals surface area contributed by atoms with E-state index in [9.17, 15) is 0 Å². The Morgan fingerprint density at radius 3 is 2.35 bits per heavy atom. The van der Waals surface area contributed by atoms with Crippen LogP contribution in [0.5, 0.6) is 0 Å². The molecule has 90 valence electrons. The highest BCUT2D eigenvalue weighted by molar-refractivity contribution is 5.49. The van der Waals surface area contributed by atoms with Crippen LogP contribution in [0.2, 0.25) is 0 Å². The molecule has 17 heavy (non-hydrogen) atoms. The van der Waals surface area contributed by atoms with Crippen molar-refractivity contribution >= 4 is 5.69 Å². The highest BCUT2D eigenvalue weighted by Gasteiger charge is 2.26. The third-order valence-corrected chi connectivity index (χ3v) is 3.44. The molecule has 0 spiro atoms. The number of rotatable bonds is 1. The number of nitrogens with zero attached hydrogens (tertiary/aromatic N) is 2. The summed E-state index contributed by atoms with van der Waals surface area (Å²) in [5, 5.41) is 0. The van der Waals surface area contributed by atoms with Crippen LogP contribution in [0.1, 0.15) is 32.8 Å². The summed E-state index contributed by atoms with van der Waals surface area (Å²) in [6.07, 6.45) is 1.00. The first kappa shape index (κ1) is 12.0. The molecule has 0 aromatic heterocycles. The molecule has 0 bridgehead atoms. The summed E-state index contributed by atoms with van der Waals surface area (Å²) in [4.78, 5) is 5.94. The molecule has 2 nitrogen and oxygen atoms in total. The van der Waals surface area contributed by atoms with Gasteiger partial charge in [-0.05, 0) is 23.1 Å². The Bertz CT molecular complexity index is 420. The molecule has 1 heterocycles. The Morgan fingerprint density at radius 2 is 1.88 bits per heavy atom. The largest absolute Gasteiger partial charge is 0.363 e. The molecule has 1 atom stereocenters. The molecule has 1 aliphatic heterocycles. The highest BCUT2D eigenvalue weighted by atomic mass is 15.2. The minimum absolute atomic E-state index is 0.192. The standard InChI is InChI=1S/C15H20N2/c1-15(2,3)12-5-7-14(8-6-12)17-10-9-13(11-17)16-4/h5-8,13H,9-11H2,1-3H3. The Kier molecular flexibility index (Phi) is 3.11. The lowest BCUT2D eigenvalue weighted by atomic mass is 9.87. The van der Waals surface area contributed by atoms with Gasteiger partial charge in [0, 0.05) is 18.7 Å². The van der Waals surface area contributed by atoms with Crippen LogP contribution in [-0.4, -0.2) is 19.1 Å². The van der Waals surface area contributed by atoms with Gasteiger partial charge in [0.1, 0.15) is 0 Å². The zero-order valence-corrected chi connectivity index (χ0v) is 10.9. The first-order chi connectivity index (χ1) is 8.00. The maximum Gasteiger partial charge on any atom is 0.242 e. The van der Waals surface area contributed by atoms with Crippen LogP contribution in [0.15, 0.2) is 24.3 Å². The first-order valence-corrected chi connectivity index (χ1v) is 6.23. The zero-order valence-electron chi connectivity index (χ0n) is 10.9. The van der Waals surface area contributed by atoms with Crippen LogP contribution in [0.4, 0.5) is 5.69 Å². The second kappa shape index (κ2) is 4.41. The fraction of sp³-hybridized carbons (Fsp3) is 0.533. The van der Waals surface area contributed by atoms with Gasteiger partial charge in [0.2, 0.25) is 6.04 Å². The van der Waals surface area contributed by atoms with Gasteiger partial charge >= 0.3 is 0 Å². The van der Waals surface area contributed by atoms with Gasteiger partial charge in [-0.15, -0.1) is 0 Å². The Balaban J connectivity index is 2.12.